The van der Waals surface area contributed by atoms with Crippen molar-refractivity contribution in [3.05, 3.63) is 24.3 Å². The molecule has 0 radical (unpaired) electrons. The van der Waals surface area contributed by atoms with Crippen molar-refractivity contribution in [2.24, 2.45) is 5.41 Å². The van der Waals surface area contributed by atoms with Crippen molar-refractivity contribution in [2.75, 3.05) is 11.9 Å². The number of thioether (sulfide) groups is 1. The minimum absolute atomic E-state index is 0.0171. The van der Waals surface area contributed by atoms with E-state index < -0.39 is 5.41 Å². The van der Waals surface area contributed by atoms with Crippen molar-refractivity contribution in [3.63, 3.8) is 0 Å². The Labute approximate surface area is 131 Å². The van der Waals surface area contributed by atoms with Gasteiger partial charge in [0.15, 0.2) is 0 Å². The van der Waals surface area contributed by atoms with E-state index in [0.717, 1.165) is 10.6 Å². The third-order valence-electron chi connectivity index (χ3n) is 2.61. The van der Waals surface area contributed by atoms with Crippen LogP contribution in [0.25, 0.3) is 0 Å². The van der Waals surface area contributed by atoms with Crippen LogP contribution in [0.1, 0.15) is 34.6 Å². The molecule has 0 atom stereocenters. The fourth-order valence-electron chi connectivity index (χ4n) is 1.55. The summed E-state index contributed by atoms with van der Waals surface area (Å²) in [5.41, 5.74) is 0.289. The van der Waals surface area contributed by atoms with Crippen LogP contribution >= 0.6 is 11.8 Å². The number of hydrogen-bond acceptors (Lipinski definition) is 3. The molecule has 1 rings (SSSR count). The van der Waals surface area contributed by atoms with Crippen molar-refractivity contribution >= 4 is 29.3 Å². The Hall–Kier alpha value is -1.49. The Morgan fingerprint density at radius 2 is 1.81 bits per heavy atom. The lowest BCUT2D eigenvalue weighted by Gasteiger charge is -2.18. The number of carbonyl (C=O) groups excluding carboxylic acids is 2. The molecule has 0 saturated heterocycles. The van der Waals surface area contributed by atoms with Gasteiger partial charge in [0.2, 0.25) is 11.8 Å². The summed E-state index contributed by atoms with van der Waals surface area (Å²) in [5.74, 6) is -0.355. The monoisotopic (exact) mass is 308 g/mol. The van der Waals surface area contributed by atoms with Crippen LogP contribution in [-0.2, 0) is 9.59 Å². The van der Waals surface area contributed by atoms with E-state index in [1.54, 1.807) is 11.8 Å². The number of nitrogens with one attached hydrogen (secondary N) is 2. The highest BCUT2D eigenvalue weighted by Gasteiger charge is 2.21. The number of anilines is 1. The molecule has 5 heteroatoms. The van der Waals surface area contributed by atoms with E-state index in [1.807, 2.05) is 45.0 Å². The van der Waals surface area contributed by atoms with Crippen LogP contribution < -0.4 is 10.6 Å². The Morgan fingerprint density at radius 3 is 2.38 bits per heavy atom. The van der Waals surface area contributed by atoms with E-state index in [2.05, 4.69) is 24.5 Å². The summed E-state index contributed by atoms with van der Waals surface area (Å²) in [6.45, 7) is 9.63. The first-order valence-electron chi connectivity index (χ1n) is 7.04. The molecule has 2 amide bonds. The average Bonchev–Trinajstić information content (AvgIpc) is 2.36. The molecule has 4 nitrogen and oxygen atoms in total. The number of para-hydroxylation sites is 1. The topological polar surface area (TPSA) is 58.2 Å². The fraction of sp³-hybridized carbons (Fsp3) is 0.500. The minimum Gasteiger partial charge on any atom is -0.347 e. The lowest BCUT2D eigenvalue weighted by atomic mass is 9.96. The lowest BCUT2D eigenvalue weighted by Crippen LogP contribution is -2.39. The Morgan fingerprint density at radius 1 is 1.19 bits per heavy atom. The molecule has 0 aliphatic rings. The van der Waals surface area contributed by atoms with Gasteiger partial charge in [-0.25, -0.2) is 0 Å². The first kappa shape index (κ1) is 17.6. The van der Waals surface area contributed by atoms with E-state index in [4.69, 9.17) is 0 Å². The van der Waals surface area contributed by atoms with E-state index in [-0.39, 0.29) is 18.4 Å². The van der Waals surface area contributed by atoms with Gasteiger partial charge in [0, 0.05) is 15.6 Å². The zero-order valence-electron chi connectivity index (χ0n) is 13.3. The highest BCUT2D eigenvalue weighted by molar-refractivity contribution is 8.00. The maximum atomic E-state index is 11.9. The van der Waals surface area contributed by atoms with Gasteiger partial charge in [-0.15, -0.1) is 11.8 Å². The molecule has 0 heterocycles. The molecule has 2 N–H and O–H groups in total. The first-order chi connectivity index (χ1) is 9.70. The largest absolute Gasteiger partial charge is 0.347 e. The summed E-state index contributed by atoms with van der Waals surface area (Å²) in [6, 6.07) is 7.68. The van der Waals surface area contributed by atoms with Gasteiger partial charge in [0.05, 0.1) is 12.2 Å². The fourth-order valence-corrected chi connectivity index (χ4v) is 2.46. The van der Waals surface area contributed by atoms with Crippen LogP contribution in [0.5, 0.6) is 0 Å². The van der Waals surface area contributed by atoms with Gasteiger partial charge in [-0.1, -0.05) is 46.8 Å². The van der Waals surface area contributed by atoms with Crippen LogP contribution in [0.4, 0.5) is 5.69 Å². The summed E-state index contributed by atoms with van der Waals surface area (Å²) in [7, 11) is 0. The summed E-state index contributed by atoms with van der Waals surface area (Å²) in [6.07, 6.45) is 0. The Balaban J connectivity index is 2.61. The second-order valence-electron chi connectivity index (χ2n) is 6.14. The van der Waals surface area contributed by atoms with Crippen molar-refractivity contribution in [2.45, 2.75) is 44.8 Å². The minimum atomic E-state index is -0.494. The van der Waals surface area contributed by atoms with Crippen LogP contribution in [0.15, 0.2) is 29.2 Å². The Bertz CT molecular complexity index is 507. The molecule has 0 bridgehead atoms. The second kappa shape index (κ2) is 7.50. The van der Waals surface area contributed by atoms with Gasteiger partial charge >= 0.3 is 0 Å². The zero-order chi connectivity index (χ0) is 16.0. The SMILES string of the molecule is CC(C)Sc1ccccc1NC(=O)CNC(=O)C(C)(C)C. The van der Waals surface area contributed by atoms with Gasteiger partial charge in [0.1, 0.15) is 0 Å². The van der Waals surface area contributed by atoms with Gasteiger partial charge in [-0.3, -0.25) is 9.59 Å². The predicted octanol–water partition coefficient (Wildman–Crippen LogP) is 3.29. The number of hydrogen-bond donors (Lipinski definition) is 2. The third kappa shape index (κ3) is 6.21. The second-order valence-corrected chi connectivity index (χ2v) is 7.76. The van der Waals surface area contributed by atoms with Crippen molar-refractivity contribution in [3.8, 4) is 0 Å². The van der Waals surface area contributed by atoms with Gasteiger partial charge in [0.25, 0.3) is 0 Å². The molecule has 0 saturated carbocycles. The van der Waals surface area contributed by atoms with E-state index in [9.17, 15) is 9.59 Å². The summed E-state index contributed by atoms with van der Waals surface area (Å²) in [4.78, 5) is 24.7. The number of amides is 2. The number of carbonyl (C=O) groups is 2. The quantitative estimate of drug-likeness (QED) is 0.821. The van der Waals surface area contributed by atoms with Crippen molar-refractivity contribution in [1.82, 2.24) is 5.32 Å². The molecule has 0 aliphatic heterocycles. The highest BCUT2D eigenvalue weighted by Crippen LogP contribution is 2.29. The third-order valence-corrected chi connectivity index (χ3v) is 3.70. The molecular formula is C16H24N2O2S. The van der Waals surface area contributed by atoms with Gasteiger partial charge in [-0.05, 0) is 12.1 Å². The molecule has 0 fully saturated rings. The standard InChI is InChI=1S/C16H24N2O2S/c1-11(2)21-13-9-7-6-8-12(13)18-14(19)10-17-15(20)16(3,4)5/h6-9,11H,10H2,1-5H3,(H,17,20)(H,18,19). The average molecular weight is 308 g/mol. The summed E-state index contributed by atoms with van der Waals surface area (Å²) < 4.78 is 0. The van der Waals surface area contributed by atoms with E-state index >= 15 is 0 Å². The maximum absolute atomic E-state index is 11.9. The normalized spacial score (nSPS) is 11.3. The summed E-state index contributed by atoms with van der Waals surface area (Å²) >= 11 is 1.69. The van der Waals surface area contributed by atoms with Gasteiger partial charge < -0.3 is 10.6 Å². The molecule has 0 aromatic heterocycles. The van der Waals surface area contributed by atoms with Crippen LogP contribution in [0.3, 0.4) is 0 Å². The summed E-state index contributed by atoms with van der Waals surface area (Å²) in [5, 5.41) is 5.93. The Kier molecular flexibility index (Phi) is 6.27. The van der Waals surface area contributed by atoms with Crippen LogP contribution in [-0.4, -0.2) is 23.6 Å². The van der Waals surface area contributed by atoms with Gasteiger partial charge in [-0.2, -0.15) is 0 Å². The van der Waals surface area contributed by atoms with Crippen LogP contribution in [0, 0.1) is 5.41 Å². The highest BCUT2D eigenvalue weighted by atomic mass is 32.2. The van der Waals surface area contributed by atoms with Crippen LogP contribution in [0.2, 0.25) is 0 Å². The van der Waals surface area contributed by atoms with E-state index in [0.29, 0.717) is 5.25 Å². The predicted molar refractivity (Wildman–Crippen MR) is 88.5 cm³/mol. The lowest BCUT2D eigenvalue weighted by molar-refractivity contribution is -0.130. The molecular weight excluding hydrogens is 284 g/mol. The molecule has 1 aromatic rings. The molecule has 1 aromatic carbocycles. The smallest absolute Gasteiger partial charge is 0.243 e. The molecule has 0 aliphatic carbocycles. The van der Waals surface area contributed by atoms with E-state index in [1.165, 1.54) is 0 Å². The zero-order valence-corrected chi connectivity index (χ0v) is 14.1. The molecule has 21 heavy (non-hydrogen) atoms. The molecule has 0 unspecified atom stereocenters. The molecule has 116 valence electrons. The number of benzene rings is 1. The first-order valence-corrected chi connectivity index (χ1v) is 7.92. The molecule has 0 spiro atoms. The van der Waals surface area contributed by atoms with Crippen molar-refractivity contribution in [1.29, 1.82) is 0 Å². The van der Waals surface area contributed by atoms with Crippen molar-refractivity contribution < 1.29 is 9.59 Å². The number of rotatable bonds is 5. The maximum Gasteiger partial charge on any atom is 0.243 e.